The molecule has 0 fully saturated rings. The Kier molecular flexibility index (Phi) is 10.3. The minimum Gasteiger partial charge on any atom is -0.507 e. The fraction of sp³-hybridized carbons (Fsp3) is 0.583. The first-order valence-corrected chi connectivity index (χ1v) is 14.9. The lowest BCUT2D eigenvalue weighted by atomic mass is 9.73. The summed E-state index contributed by atoms with van der Waals surface area (Å²) < 4.78 is 6.08. The Morgan fingerprint density at radius 1 is 0.821 bits per heavy atom. The first-order valence-electron chi connectivity index (χ1n) is 14.9. The molecule has 3 nitrogen and oxygen atoms in total. The van der Waals surface area contributed by atoms with Crippen LogP contribution in [0.4, 0.5) is 0 Å². The van der Waals surface area contributed by atoms with Crippen molar-refractivity contribution in [3.8, 4) is 11.5 Å². The molecule has 2 aromatic carbocycles. The Morgan fingerprint density at radius 2 is 1.28 bits per heavy atom. The topological polar surface area (TPSA) is 46.5 Å². The number of rotatable bonds is 12. The summed E-state index contributed by atoms with van der Waals surface area (Å²) in [4.78, 5) is 12.7. The van der Waals surface area contributed by atoms with Gasteiger partial charge in [0.05, 0.1) is 0 Å². The molecular weight excluding hydrogens is 480 g/mol. The van der Waals surface area contributed by atoms with Crippen LogP contribution < -0.4 is 4.74 Å². The summed E-state index contributed by atoms with van der Waals surface area (Å²) in [7, 11) is 0. The third-order valence-electron chi connectivity index (χ3n) is 9.68. The zero-order chi connectivity index (χ0) is 29.9. The van der Waals surface area contributed by atoms with E-state index in [0.29, 0.717) is 11.5 Å². The van der Waals surface area contributed by atoms with Crippen LogP contribution in [0.2, 0.25) is 0 Å². The van der Waals surface area contributed by atoms with E-state index in [2.05, 4.69) is 114 Å². The molecule has 1 N–H and O–H groups in total. The van der Waals surface area contributed by atoms with Crippen molar-refractivity contribution in [2.24, 2.45) is 0 Å². The minimum atomic E-state index is -0.468. The molecule has 0 aliphatic carbocycles. The lowest BCUT2D eigenvalue weighted by Gasteiger charge is -2.33. The lowest BCUT2D eigenvalue weighted by molar-refractivity contribution is -0.129. The summed E-state index contributed by atoms with van der Waals surface area (Å²) in [6, 6.07) is 8.81. The highest BCUT2D eigenvalue weighted by molar-refractivity contribution is 5.84. The number of carbonyl (C=O) groups is 1. The van der Waals surface area contributed by atoms with Gasteiger partial charge in [-0.15, -0.1) is 0 Å². The van der Waals surface area contributed by atoms with Crippen molar-refractivity contribution in [2.75, 3.05) is 0 Å². The first-order chi connectivity index (χ1) is 18.0. The third-order valence-corrected chi connectivity index (χ3v) is 9.68. The van der Waals surface area contributed by atoms with Crippen LogP contribution in [0.3, 0.4) is 0 Å². The molecule has 0 spiro atoms. The van der Waals surface area contributed by atoms with Gasteiger partial charge in [0.15, 0.2) is 0 Å². The highest BCUT2D eigenvalue weighted by Crippen LogP contribution is 2.48. The number of ether oxygens (including phenoxy) is 1. The second-order valence-electron chi connectivity index (χ2n) is 13.3. The van der Waals surface area contributed by atoms with Crippen LogP contribution >= 0.6 is 0 Å². The predicted molar refractivity (Wildman–Crippen MR) is 167 cm³/mol. The number of esters is 1. The van der Waals surface area contributed by atoms with Crippen LogP contribution in [0.5, 0.6) is 11.5 Å². The molecule has 2 rings (SSSR count). The van der Waals surface area contributed by atoms with E-state index in [-0.39, 0.29) is 28.1 Å². The summed E-state index contributed by atoms with van der Waals surface area (Å²) in [5.74, 6) is 0.502. The fourth-order valence-electron chi connectivity index (χ4n) is 4.89. The van der Waals surface area contributed by atoms with Gasteiger partial charge >= 0.3 is 5.97 Å². The molecule has 0 radical (unpaired) electrons. The quantitative estimate of drug-likeness (QED) is 0.167. The van der Waals surface area contributed by atoms with Crippen LogP contribution in [0.25, 0.3) is 0 Å². The van der Waals surface area contributed by atoms with E-state index in [1.54, 1.807) is 0 Å². The van der Waals surface area contributed by atoms with E-state index in [9.17, 15) is 9.90 Å². The molecule has 2 unspecified atom stereocenters. The van der Waals surface area contributed by atoms with Crippen molar-refractivity contribution in [1.29, 1.82) is 0 Å². The third kappa shape index (κ3) is 6.79. The van der Waals surface area contributed by atoms with Gasteiger partial charge in [-0.05, 0) is 64.5 Å². The summed E-state index contributed by atoms with van der Waals surface area (Å²) in [6.45, 7) is 30.2. The molecule has 0 heterocycles. The molecule has 0 saturated carbocycles. The molecular formula is C36H54O3. The second kappa shape index (κ2) is 12.3. The zero-order valence-electron chi connectivity index (χ0n) is 26.8. The lowest BCUT2D eigenvalue weighted by Crippen LogP contribution is -2.24. The van der Waals surface area contributed by atoms with Crippen LogP contribution in [-0.4, -0.2) is 11.1 Å². The van der Waals surface area contributed by atoms with Gasteiger partial charge in [-0.2, -0.15) is 0 Å². The van der Waals surface area contributed by atoms with Crippen LogP contribution in [0, 0.1) is 0 Å². The molecule has 0 aromatic heterocycles. The number of phenolic OH excluding ortho intramolecular Hbond substituents is 1. The molecule has 3 heteroatoms. The Labute approximate surface area is 239 Å². The molecule has 0 amide bonds. The molecule has 2 aromatic rings. The maximum absolute atomic E-state index is 12.7. The average molecular weight is 535 g/mol. The van der Waals surface area contributed by atoms with Gasteiger partial charge in [0.25, 0.3) is 0 Å². The van der Waals surface area contributed by atoms with Crippen LogP contribution in [0.1, 0.15) is 154 Å². The standard InChI is InChI=1S/C36H54O3/c1-14-23(6)27-19-25(34(8,9)16-3)20-28(32(27)38)24(7)29-21-26(35(10,11)17-4)22-30(36(12,13)18-5)33(29)39-31(37)15-2/h15,19-24,38H,2,14,16-18H2,1,3-13H3. The second-order valence-corrected chi connectivity index (χ2v) is 13.3. The highest BCUT2D eigenvalue weighted by Gasteiger charge is 2.33. The van der Waals surface area contributed by atoms with Gasteiger partial charge in [0.2, 0.25) is 0 Å². The van der Waals surface area contributed by atoms with Crippen molar-refractivity contribution in [2.45, 2.75) is 137 Å². The van der Waals surface area contributed by atoms with Gasteiger partial charge in [-0.1, -0.05) is 114 Å². The zero-order valence-corrected chi connectivity index (χ0v) is 26.8. The average Bonchev–Trinajstić information content (AvgIpc) is 2.91. The summed E-state index contributed by atoms with van der Waals surface area (Å²) in [5, 5.41) is 11.7. The smallest absolute Gasteiger partial charge is 0.335 e. The van der Waals surface area contributed by atoms with Gasteiger partial charge in [-0.3, -0.25) is 0 Å². The van der Waals surface area contributed by atoms with Gasteiger partial charge < -0.3 is 9.84 Å². The van der Waals surface area contributed by atoms with E-state index < -0.39 is 5.97 Å². The summed E-state index contributed by atoms with van der Waals surface area (Å²) in [5.41, 5.74) is 5.94. The number of benzene rings is 2. The molecule has 39 heavy (non-hydrogen) atoms. The molecule has 0 aliphatic rings. The summed E-state index contributed by atoms with van der Waals surface area (Å²) in [6.07, 6.45) is 5.02. The van der Waals surface area contributed by atoms with Crippen molar-refractivity contribution < 1.29 is 14.6 Å². The van der Waals surface area contributed by atoms with E-state index in [4.69, 9.17) is 4.74 Å². The Balaban J connectivity index is 3.06. The molecule has 0 bridgehead atoms. The van der Waals surface area contributed by atoms with Crippen molar-refractivity contribution in [3.63, 3.8) is 0 Å². The first kappa shape index (κ1) is 32.7. The highest BCUT2D eigenvalue weighted by atomic mass is 16.5. The SMILES string of the molecule is C=CC(=O)Oc1c(C(C)c2cc(C(C)(C)CC)cc(C(C)CC)c2O)cc(C(C)(C)CC)cc1C(C)(C)CC. The van der Waals surface area contributed by atoms with Crippen molar-refractivity contribution >= 4 is 5.97 Å². The minimum absolute atomic E-state index is 0.0378. The van der Waals surface area contributed by atoms with Crippen molar-refractivity contribution in [3.05, 3.63) is 70.3 Å². The van der Waals surface area contributed by atoms with Gasteiger partial charge in [0.1, 0.15) is 11.5 Å². The molecule has 216 valence electrons. The number of aromatic hydroxyl groups is 1. The van der Waals surface area contributed by atoms with Gasteiger partial charge in [0, 0.05) is 28.7 Å². The normalized spacial score (nSPS) is 14.2. The fourth-order valence-corrected chi connectivity index (χ4v) is 4.89. The summed E-state index contributed by atoms with van der Waals surface area (Å²) >= 11 is 0. The molecule has 0 saturated heterocycles. The van der Waals surface area contributed by atoms with E-state index in [1.807, 2.05) is 0 Å². The number of hydrogen-bond acceptors (Lipinski definition) is 3. The van der Waals surface area contributed by atoms with E-state index >= 15 is 0 Å². The Morgan fingerprint density at radius 3 is 1.74 bits per heavy atom. The number of hydrogen-bond donors (Lipinski definition) is 1. The Hall–Kier alpha value is -2.55. The maximum Gasteiger partial charge on any atom is 0.335 e. The monoisotopic (exact) mass is 534 g/mol. The van der Waals surface area contributed by atoms with Crippen LogP contribution in [-0.2, 0) is 21.0 Å². The van der Waals surface area contributed by atoms with Crippen molar-refractivity contribution in [1.82, 2.24) is 0 Å². The van der Waals surface area contributed by atoms with E-state index in [0.717, 1.165) is 47.9 Å². The Bertz CT molecular complexity index is 1180. The number of phenols is 1. The number of carbonyl (C=O) groups excluding carboxylic acids is 1. The van der Waals surface area contributed by atoms with Gasteiger partial charge in [-0.25, -0.2) is 4.79 Å². The molecule has 0 aliphatic heterocycles. The van der Waals surface area contributed by atoms with Crippen LogP contribution in [0.15, 0.2) is 36.9 Å². The maximum atomic E-state index is 12.7. The largest absolute Gasteiger partial charge is 0.507 e. The van der Waals surface area contributed by atoms with E-state index in [1.165, 1.54) is 17.2 Å². The molecule has 2 atom stereocenters. The predicted octanol–water partition coefficient (Wildman–Crippen LogP) is 10.2.